The van der Waals surface area contributed by atoms with Crippen LogP contribution in [0.3, 0.4) is 0 Å². The zero-order valence-electron chi connectivity index (χ0n) is 26.9. The normalized spacial score (nSPS) is 11.7. The summed E-state index contributed by atoms with van der Waals surface area (Å²) in [6.45, 7) is 0. The molecule has 0 spiro atoms. The molecular weight excluding hydrogens is 595 g/mol. The molecule has 0 amide bonds. The van der Waals surface area contributed by atoms with E-state index in [0.29, 0.717) is 0 Å². The monoisotopic (exact) mass is 627 g/mol. The molecule has 0 bridgehead atoms. The molecule has 0 aliphatic heterocycles. The van der Waals surface area contributed by atoms with Crippen molar-refractivity contribution in [3.8, 4) is 11.1 Å². The summed E-state index contributed by atoms with van der Waals surface area (Å²) in [7, 11) is 0. The lowest BCUT2D eigenvalue weighted by Crippen LogP contribution is -2.02. The number of hydrogen-bond donors (Lipinski definition) is 1. The molecule has 3 nitrogen and oxygen atoms in total. The third-order valence-electron chi connectivity index (χ3n) is 9.49. The predicted molar refractivity (Wildman–Crippen MR) is 209 cm³/mol. The highest BCUT2D eigenvalue weighted by Gasteiger charge is 2.23. The van der Waals surface area contributed by atoms with Crippen molar-refractivity contribution in [1.29, 1.82) is 0 Å². The molecule has 9 aromatic rings. The molecule has 0 unspecified atom stereocenters. The molecule has 0 saturated carbocycles. The van der Waals surface area contributed by atoms with Gasteiger partial charge >= 0.3 is 0 Å². The second kappa shape index (κ2) is 12.3. The van der Waals surface area contributed by atoms with Gasteiger partial charge in [0.05, 0.1) is 22.4 Å². The van der Waals surface area contributed by atoms with E-state index in [0.717, 1.165) is 40.1 Å². The van der Waals surface area contributed by atoms with Gasteiger partial charge in [0.25, 0.3) is 0 Å². The van der Waals surface area contributed by atoms with Crippen molar-refractivity contribution >= 4 is 66.8 Å². The van der Waals surface area contributed by atoms with Gasteiger partial charge in [-0.2, -0.15) is 0 Å². The maximum atomic E-state index is 5.27. The minimum absolute atomic E-state index is 0.815. The Labute approximate surface area is 285 Å². The quantitative estimate of drug-likeness (QED) is 0.138. The number of nitrogens with zero attached hydrogens (tertiary/aromatic N) is 2. The molecule has 1 aromatic heterocycles. The fraction of sp³-hybridized carbons (Fsp3) is 0.0217. The first-order valence-corrected chi connectivity index (χ1v) is 16.8. The number of benzene rings is 8. The van der Waals surface area contributed by atoms with E-state index in [9.17, 15) is 0 Å². The second-order valence-corrected chi connectivity index (χ2v) is 12.5. The van der Waals surface area contributed by atoms with Crippen LogP contribution < -0.4 is 5.32 Å². The van der Waals surface area contributed by atoms with E-state index in [-0.39, 0.29) is 0 Å². The lowest BCUT2D eigenvalue weighted by atomic mass is 9.92. The first-order valence-electron chi connectivity index (χ1n) is 16.8. The van der Waals surface area contributed by atoms with E-state index in [1.807, 2.05) is 6.34 Å². The minimum Gasteiger partial charge on any atom is -0.353 e. The largest absolute Gasteiger partial charge is 0.353 e. The summed E-state index contributed by atoms with van der Waals surface area (Å²) in [5.41, 5.74) is 10.0. The molecule has 0 fully saturated rings. The molecule has 49 heavy (non-hydrogen) atoms. The van der Waals surface area contributed by atoms with E-state index in [1.54, 1.807) is 0 Å². The van der Waals surface area contributed by atoms with Gasteiger partial charge in [-0.1, -0.05) is 152 Å². The van der Waals surface area contributed by atoms with Crippen LogP contribution >= 0.6 is 0 Å². The molecule has 0 atom stereocenters. The van der Waals surface area contributed by atoms with Crippen LogP contribution in [-0.4, -0.2) is 10.9 Å². The maximum absolute atomic E-state index is 5.27. The summed E-state index contributed by atoms with van der Waals surface area (Å²) in [6.07, 6.45) is 2.85. The Morgan fingerprint density at radius 1 is 0.531 bits per heavy atom. The fourth-order valence-corrected chi connectivity index (χ4v) is 7.30. The van der Waals surface area contributed by atoms with E-state index < -0.39 is 0 Å². The summed E-state index contributed by atoms with van der Waals surface area (Å²) in [4.78, 5) is 5.27. The lowest BCUT2D eigenvalue weighted by Gasteiger charge is -2.19. The average molecular weight is 628 g/mol. The number of aromatic nitrogens is 1. The summed E-state index contributed by atoms with van der Waals surface area (Å²) in [5.74, 6) is 0. The Kier molecular flexibility index (Phi) is 7.21. The molecule has 232 valence electrons. The van der Waals surface area contributed by atoms with Crippen molar-refractivity contribution in [1.82, 2.24) is 4.57 Å². The number of aliphatic imine (C=N–C) groups is 1. The molecular formula is C46H33N3. The van der Waals surface area contributed by atoms with Crippen LogP contribution in [0.4, 0.5) is 17.1 Å². The van der Waals surface area contributed by atoms with Crippen LogP contribution in [0.5, 0.6) is 0 Å². The molecule has 0 saturated heterocycles. The minimum atomic E-state index is 0.815. The third-order valence-corrected chi connectivity index (χ3v) is 9.49. The Morgan fingerprint density at radius 3 is 1.96 bits per heavy atom. The van der Waals surface area contributed by atoms with Gasteiger partial charge in [0.15, 0.2) is 0 Å². The van der Waals surface area contributed by atoms with Gasteiger partial charge in [0, 0.05) is 22.0 Å². The summed E-state index contributed by atoms with van der Waals surface area (Å²) in [6, 6.07) is 62.3. The second-order valence-electron chi connectivity index (χ2n) is 12.5. The molecule has 1 N–H and O–H groups in total. The lowest BCUT2D eigenvalue weighted by molar-refractivity contribution is 1.18. The van der Waals surface area contributed by atoms with E-state index in [1.165, 1.54) is 49.0 Å². The molecule has 9 rings (SSSR count). The summed E-state index contributed by atoms with van der Waals surface area (Å²) >= 11 is 0. The smallest absolute Gasteiger partial charge is 0.100 e. The summed E-state index contributed by atoms with van der Waals surface area (Å²) < 4.78 is 2.31. The highest BCUT2D eigenvalue weighted by molar-refractivity contribution is 6.34. The topological polar surface area (TPSA) is 29.3 Å². The van der Waals surface area contributed by atoms with Crippen molar-refractivity contribution < 1.29 is 0 Å². The van der Waals surface area contributed by atoms with Crippen molar-refractivity contribution in [3.05, 3.63) is 187 Å². The van der Waals surface area contributed by atoms with Crippen molar-refractivity contribution in [2.45, 2.75) is 6.42 Å². The summed E-state index contributed by atoms with van der Waals surface area (Å²) in [5, 5.41) is 11.2. The zero-order chi connectivity index (χ0) is 32.6. The Hall–Kier alpha value is -6.45. The zero-order valence-corrected chi connectivity index (χ0v) is 26.9. The van der Waals surface area contributed by atoms with Crippen LogP contribution in [0.1, 0.15) is 11.1 Å². The van der Waals surface area contributed by atoms with Crippen molar-refractivity contribution in [3.63, 3.8) is 0 Å². The van der Waals surface area contributed by atoms with Crippen LogP contribution in [0.15, 0.2) is 181 Å². The number of nitrogens with one attached hydrogen (secondary N) is 1. The standard InChI is InChI=1S/C46H33N3/c1-4-16-32(17-5-1)30-35-21-11-15-27-40(35)47-31-49-41-29-28-33-18-10-12-24-37(33)43(41)44-39-26-14-13-25-38(39)42(34-19-6-2-7-20-34)45(46(44)49)48-36-22-8-3-9-23-36/h1-29,31,48H,30H2. The van der Waals surface area contributed by atoms with Gasteiger partial charge in [0.2, 0.25) is 0 Å². The van der Waals surface area contributed by atoms with Gasteiger partial charge in [0.1, 0.15) is 6.34 Å². The predicted octanol–water partition coefficient (Wildman–Crippen LogP) is 12.3. The van der Waals surface area contributed by atoms with Crippen molar-refractivity contribution in [2.24, 2.45) is 4.99 Å². The molecule has 0 aliphatic carbocycles. The van der Waals surface area contributed by atoms with E-state index >= 15 is 0 Å². The van der Waals surface area contributed by atoms with Crippen LogP contribution in [0, 0.1) is 0 Å². The highest BCUT2D eigenvalue weighted by Crippen LogP contribution is 2.48. The first kappa shape index (κ1) is 28.7. The number of para-hydroxylation sites is 2. The third kappa shape index (κ3) is 5.13. The number of anilines is 2. The fourth-order valence-electron chi connectivity index (χ4n) is 7.30. The highest BCUT2D eigenvalue weighted by atomic mass is 15.0. The van der Waals surface area contributed by atoms with Gasteiger partial charge in [-0.25, -0.2) is 4.99 Å². The SMILES string of the molecule is C(=Nc1ccccc1Cc1ccccc1)n1c2ccc3ccccc3c2c2c3ccccc3c(-c3ccccc3)c(Nc3ccccc3)c21. The van der Waals surface area contributed by atoms with Gasteiger partial charge in [-0.15, -0.1) is 0 Å². The van der Waals surface area contributed by atoms with Gasteiger partial charge < -0.3 is 5.32 Å². The Balaban J connectivity index is 1.40. The number of hydrogen-bond acceptors (Lipinski definition) is 2. The van der Waals surface area contributed by atoms with Crippen LogP contribution in [0.25, 0.3) is 54.5 Å². The first-order chi connectivity index (χ1) is 24.3. The van der Waals surface area contributed by atoms with E-state index in [2.05, 4.69) is 186 Å². The maximum Gasteiger partial charge on any atom is 0.100 e. The average Bonchev–Trinajstić information content (AvgIpc) is 3.51. The Bertz CT molecular complexity index is 2640. The molecule has 1 heterocycles. The van der Waals surface area contributed by atoms with Crippen LogP contribution in [0.2, 0.25) is 0 Å². The molecule has 3 heteroatoms. The Morgan fingerprint density at radius 2 is 1.16 bits per heavy atom. The van der Waals surface area contributed by atoms with Crippen LogP contribution in [-0.2, 0) is 6.42 Å². The van der Waals surface area contributed by atoms with Gasteiger partial charge in [-0.05, 0) is 68.9 Å². The van der Waals surface area contributed by atoms with Gasteiger partial charge in [-0.3, -0.25) is 4.57 Å². The number of fused-ring (bicyclic) bond motifs is 7. The molecule has 0 radical (unpaired) electrons. The number of rotatable bonds is 7. The van der Waals surface area contributed by atoms with E-state index in [4.69, 9.17) is 4.99 Å². The molecule has 8 aromatic carbocycles. The molecule has 0 aliphatic rings. The van der Waals surface area contributed by atoms with Crippen molar-refractivity contribution in [2.75, 3.05) is 5.32 Å².